The molecule has 0 aromatic rings. The van der Waals surface area contributed by atoms with Crippen molar-refractivity contribution in [1.29, 1.82) is 0 Å². The van der Waals surface area contributed by atoms with Crippen LogP contribution < -0.4 is 0 Å². The van der Waals surface area contributed by atoms with E-state index in [-0.39, 0.29) is 0 Å². The van der Waals surface area contributed by atoms with Gasteiger partial charge in [0.05, 0.1) is 0 Å². The molecule has 104 valence electrons. The van der Waals surface area contributed by atoms with Gasteiger partial charge in [0.25, 0.3) is 0 Å². The summed E-state index contributed by atoms with van der Waals surface area (Å²) >= 11 is 0. The topological polar surface area (TPSA) is 27.7 Å². The van der Waals surface area contributed by atoms with Crippen LogP contribution in [0.3, 0.4) is 0 Å². The second kappa shape index (κ2) is 10.1. The quantitative estimate of drug-likeness (QED) is 0.416. The molecule has 0 aliphatic heterocycles. The minimum Gasteiger partial charge on any atom is -0.377 e. The lowest BCUT2D eigenvalue weighted by atomic mass is 10.1. The molecular weight excluding hydrogens is 232 g/mol. The first-order valence-corrected chi connectivity index (χ1v) is 8.62. The fourth-order valence-corrected chi connectivity index (χ4v) is 4.53. The van der Waals surface area contributed by atoms with Crippen molar-refractivity contribution in [2.24, 2.45) is 0 Å². The Balaban J connectivity index is 3.79. The minimum absolute atomic E-state index is 0.383. The minimum atomic E-state index is -2.40. The van der Waals surface area contributed by atoms with Crippen molar-refractivity contribution in [2.45, 2.75) is 64.3 Å². The largest absolute Gasteiger partial charge is 0.503 e. The van der Waals surface area contributed by atoms with Gasteiger partial charge in [0, 0.05) is 26.9 Å². The predicted molar refractivity (Wildman–Crippen MR) is 74.2 cm³/mol. The third kappa shape index (κ3) is 6.00. The number of hydrogen-bond acceptors (Lipinski definition) is 3. The lowest BCUT2D eigenvalue weighted by molar-refractivity contribution is 0.111. The fraction of sp³-hybridized carbons (Fsp3) is 1.00. The summed E-state index contributed by atoms with van der Waals surface area (Å²) in [6.45, 7) is 4.42. The average molecular weight is 262 g/mol. The van der Waals surface area contributed by atoms with E-state index in [1.807, 2.05) is 0 Å². The van der Waals surface area contributed by atoms with Gasteiger partial charge in [-0.3, -0.25) is 0 Å². The Hall–Kier alpha value is 0.0969. The van der Waals surface area contributed by atoms with Crippen molar-refractivity contribution in [1.82, 2.24) is 0 Å². The Labute approximate surface area is 108 Å². The van der Waals surface area contributed by atoms with Crippen LogP contribution in [0.2, 0.25) is 5.54 Å². The Morgan fingerprint density at radius 3 is 1.76 bits per heavy atom. The van der Waals surface area contributed by atoms with E-state index < -0.39 is 8.80 Å². The smallest absolute Gasteiger partial charge is 0.377 e. The van der Waals surface area contributed by atoms with Crippen LogP contribution in [0.4, 0.5) is 0 Å². The van der Waals surface area contributed by atoms with Gasteiger partial charge >= 0.3 is 8.80 Å². The van der Waals surface area contributed by atoms with Crippen molar-refractivity contribution in [3.63, 3.8) is 0 Å². The van der Waals surface area contributed by atoms with Crippen LogP contribution in [0.15, 0.2) is 0 Å². The van der Waals surface area contributed by atoms with Crippen molar-refractivity contribution < 1.29 is 13.3 Å². The number of unbranched alkanes of at least 4 members (excludes halogenated alkanes) is 5. The third-order valence-corrected chi connectivity index (χ3v) is 6.65. The molecule has 0 amide bonds. The van der Waals surface area contributed by atoms with Crippen LogP contribution in [-0.4, -0.2) is 30.1 Å². The van der Waals surface area contributed by atoms with Gasteiger partial charge in [-0.05, 0) is 6.42 Å². The van der Waals surface area contributed by atoms with E-state index >= 15 is 0 Å². The maximum atomic E-state index is 5.49. The summed E-state index contributed by atoms with van der Waals surface area (Å²) < 4.78 is 16.5. The lowest BCUT2D eigenvalue weighted by Gasteiger charge is -2.30. The number of rotatable bonds is 11. The maximum Gasteiger partial charge on any atom is 0.503 e. The van der Waals surface area contributed by atoms with Crippen molar-refractivity contribution in [3.05, 3.63) is 0 Å². The first-order chi connectivity index (χ1) is 8.16. The zero-order valence-corrected chi connectivity index (χ0v) is 13.3. The first kappa shape index (κ1) is 17.1. The van der Waals surface area contributed by atoms with Crippen LogP contribution in [0.25, 0.3) is 0 Å². The van der Waals surface area contributed by atoms with Gasteiger partial charge in [-0.15, -0.1) is 0 Å². The van der Waals surface area contributed by atoms with Gasteiger partial charge in [-0.1, -0.05) is 52.4 Å². The van der Waals surface area contributed by atoms with Crippen LogP contribution in [0, 0.1) is 0 Å². The highest BCUT2D eigenvalue weighted by Crippen LogP contribution is 2.28. The normalized spacial score (nSPS) is 13.9. The number of hydrogen-bond donors (Lipinski definition) is 0. The van der Waals surface area contributed by atoms with Gasteiger partial charge in [-0.25, -0.2) is 0 Å². The summed E-state index contributed by atoms with van der Waals surface area (Å²) in [6, 6.07) is 0. The molecule has 0 fully saturated rings. The molecule has 1 atom stereocenters. The van der Waals surface area contributed by atoms with Gasteiger partial charge in [0.2, 0.25) is 0 Å². The van der Waals surface area contributed by atoms with Crippen LogP contribution in [0.1, 0.15) is 58.8 Å². The molecular formula is C13H30O3Si. The van der Waals surface area contributed by atoms with E-state index in [9.17, 15) is 0 Å². The zero-order valence-electron chi connectivity index (χ0n) is 12.3. The highest BCUT2D eigenvalue weighted by molar-refractivity contribution is 6.62. The molecule has 1 unspecified atom stereocenters. The van der Waals surface area contributed by atoms with Gasteiger partial charge < -0.3 is 13.3 Å². The van der Waals surface area contributed by atoms with E-state index in [2.05, 4.69) is 13.8 Å². The average Bonchev–Trinajstić information content (AvgIpc) is 2.36. The zero-order chi connectivity index (χ0) is 13.1. The summed E-state index contributed by atoms with van der Waals surface area (Å²) in [5.41, 5.74) is 0.383. The molecule has 0 aromatic carbocycles. The van der Waals surface area contributed by atoms with E-state index in [0.29, 0.717) is 5.54 Å². The summed E-state index contributed by atoms with van der Waals surface area (Å²) in [5, 5.41) is 0. The predicted octanol–water partition coefficient (Wildman–Crippen LogP) is 4.01. The highest BCUT2D eigenvalue weighted by atomic mass is 28.4. The molecule has 0 aliphatic carbocycles. The summed E-state index contributed by atoms with van der Waals surface area (Å²) in [5.74, 6) is 0. The van der Waals surface area contributed by atoms with E-state index in [1.54, 1.807) is 21.3 Å². The molecule has 0 aromatic heterocycles. The molecule has 0 saturated carbocycles. The maximum absolute atomic E-state index is 5.49. The lowest BCUT2D eigenvalue weighted by Crippen LogP contribution is -2.46. The first-order valence-electron chi connectivity index (χ1n) is 6.82. The molecule has 0 N–H and O–H groups in total. The Morgan fingerprint density at radius 2 is 1.29 bits per heavy atom. The summed E-state index contributed by atoms with van der Waals surface area (Å²) in [7, 11) is 2.68. The van der Waals surface area contributed by atoms with Crippen LogP contribution >= 0.6 is 0 Å². The molecule has 0 heterocycles. The van der Waals surface area contributed by atoms with E-state index in [4.69, 9.17) is 13.3 Å². The SMILES string of the molecule is CCCCCCCCC(C)[Si](OC)(OC)OC. The standard InChI is InChI=1S/C13H30O3Si/c1-6-7-8-9-10-11-12-13(2)17(14-3,15-4)16-5/h13H,6-12H2,1-5H3. The summed E-state index contributed by atoms with van der Waals surface area (Å²) in [6.07, 6.45) is 9.08. The molecule has 4 heteroatoms. The molecule has 17 heavy (non-hydrogen) atoms. The third-order valence-electron chi connectivity index (χ3n) is 3.45. The van der Waals surface area contributed by atoms with Crippen molar-refractivity contribution in [2.75, 3.05) is 21.3 Å². The van der Waals surface area contributed by atoms with E-state index in [1.165, 1.54) is 38.5 Å². The Bertz CT molecular complexity index is 164. The second-order valence-corrected chi connectivity index (χ2v) is 8.09. The highest BCUT2D eigenvalue weighted by Gasteiger charge is 2.43. The molecule has 0 saturated heterocycles. The van der Waals surface area contributed by atoms with Crippen LogP contribution in [0.5, 0.6) is 0 Å². The molecule has 0 bridgehead atoms. The molecule has 0 radical (unpaired) electrons. The fourth-order valence-electron chi connectivity index (χ4n) is 2.26. The molecule has 0 spiro atoms. The van der Waals surface area contributed by atoms with Gasteiger partial charge in [-0.2, -0.15) is 0 Å². The molecule has 0 aliphatic rings. The monoisotopic (exact) mass is 262 g/mol. The second-order valence-electron chi connectivity index (χ2n) is 4.67. The van der Waals surface area contributed by atoms with Crippen molar-refractivity contribution >= 4 is 8.80 Å². The van der Waals surface area contributed by atoms with Gasteiger partial charge in [0.15, 0.2) is 0 Å². The summed E-state index contributed by atoms with van der Waals surface area (Å²) in [4.78, 5) is 0. The Morgan fingerprint density at radius 1 is 0.824 bits per heavy atom. The van der Waals surface area contributed by atoms with E-state index in [0.717, 1.165) is 6.42 Å². The van der Waals surface area contributed by atoms with Crippen LogP contribution in [-0.2, 0) is 13.3 Å². The molecule has 3 nitrogen and oxygen atoms in total. The Kier molecular flexibility index (Phi) is 10.1. The van der Waals surface area contributed by atoms with Gasteiger partial charge in [0.1, 0.15) is 0 Å². The molecule has 0 rings (SSSR count). The van der Waals surface area contributed by atoms with Crippen molar-refractivity contribution in [3.8, 4) is 0 Å².